The highest BCUT2D eigenvalue weighted by molar-refractivity contribution is 7.99. The number of pyridine rings is 1. The summed E-state index contributed by atoms with van der Waals surface area (Å²) < 4.78 is 20.2. The van der Waals surface area contributed by atoms with Crippen molar-refractivity contribution in [2.24, 2.45) is 0 Å². The lowest BCUT2D eigenvalue weighted by Gasteiger charge is -2.40. The van der Waals surface area contributed by atoms with E-state index in [-0.39, 0.29) is 37.1 Å². The minimum absolute atomic E-state index is 0.0144. The van der Waals surface area contributed by atoms with Crippen LogP contribution in [0.1, 0.15) is 30.4 Å². The number of anilines is 1. The minimum Gasteiger partial charge on any atom is -0.475 e. The monoisotopic (exact) mass is 644 g/mol. The topological polar surface area (TPSA) is 77.1 Å². The lowest BCUT2D eigenvalue weighted by Crippen LogP contribution is -2.56. The van der Waals surface area contributed by atoms with Crippen molar-refractivity contribution in [2.45, 2.75) is 42.7 Å². The van der Waals surface area contributed by atoms with E-state index in [9.17, 15) is 14.4 Å². The molecule has 0 N–H and O–H groups in total. The molecule has 8 nitrogen and oxygen atoms in total. The molecule has 3 aliphatic heterocycles. The van der Waals surface area contributed by atoms with Crippen molar-refractivity contribution >= 4 is 45.9 Å². The van der Waals surface area contributed by atoms with Gasteiger partial charge in [-0.25, -0.2) is 15.9 Å². The third-order valence-electron chi connectivity index (χ3n) is 9.03. The molecule has 2 atom stereocenters. The molecular weight excluding hydrogens is 611 g/mol. The average molecular weight is 645 g/mol. The molecule has 2 fully saturated rings. The summed E-state index contributed by atoms with van der Waals surface area (Å²) in [5.41, 5.74) is 4.74. The van der Waals surface area contributed by atoms with E-state index in [1.54, 1.807) is 0 Å². The fourth-order valence-electron chi connectivity index (χ4n) is 6.69. The Balaban J connectivity index is 1.48. The van der Waals surface area contributed by atoms with Crippen LogP contribution in [0, 0.1) is 17.9 Å². The van der Waals surface area contributed by atoms with Crippen molar-refractivity contribution in [2.75, 3.05) is 57.0 Å². The van der Waals surface area contributed by atoms with Crippen molar-refractivity contribution in [1.29, 1.82) is 5.26 Å². The quantitative estimate of drug-likeness (QED) is 0.219. The number of aryl methyl sites for hydroxylation is 1. The Labute approximate surface area is 272 Å². The first-order chi connectivity index (χ1) is 21.8. The highest BCUT2D eigenvalue weighted by Gasteiger charge is 2.36. The van der Waals surface area contributed by atoms with Gasteiger partial charge >= 0.3 is 0 Å². The van der Waals surface area contributed by atoms with Gasteiger partial charge < -0.3 is 24.3 Å². The van der Waals surface area contributed by atoms with Crippen LogP contribution in [0.3, 0.4) is 0 Å². The van der Waals surface area contributed by atoms with E-state index in [0.717, 1.165) is 49.1 Å². The zero-order valence-corrected chi connectivity index (χ0v) is 26.8. The van der Waals surface area contributed by atoms with Crippen LogP contribution in [-0.2, 0) is 11.2 Å². The van der Waals surface area contributed by atoms with Gasteiger partial charge in [0.2, 0.25) is 12.4 Å². The number of nitrogens with zero attached hydrogens (tertiary/aromatic N) is 6. The standard InChI is InChI=1S/C34H34ClFN6O2S/c1-21(36)34(43)42-13-12-41(19-24(42)18-38-2)31-27-15-29(35)26(25-10-4-7-22-8-6-14-45-32(22)25)16-30(27)39-33(28(31)17-37)44-20-23-9-5-11-40(23)3/h4,7,10,15-16,23-24H,1,5-6,8-9,11-14,18-20H2,3H3/t23-,24-/m0/s1. The number of likely N-dealkylation sites (tertiary alicyclic amines) is 1. The van der Waals surface area contributed by atoms with Crippen LogP contribution in [0.2, 0.25) is 5.02 Å². The number of aromatic nitrogens is 1. The van der Waals surface area contributed by atoms with Crippen molar-refractivity contribution in [3.05, 3.63) is 70.3 Å². The number of fused-ring (bicyclic) bond motifs is 2. The molecule has 6 rings (SSSR count). The van der Waals surface area contributed by atoms with Gasteiger partial charge in [-0.05, 0) is 68.3 Å². The van der Waals surface area contributed by atoms with E-state index in [4.69, 9.17) is 27.9 Å². The van der Waals surface area contributed by atoms with E-state index in [0.29, 0.717) is 34.8 Å². The van der Waals surface area contributed by atoms with E-state index in [2.05, 4.69) is 47.6 Å². The first kappa shape index (κ1) is 31.2. The third-order valence-corrected chi connectivity index (χ3v) is 10.6. The molecule has 4 heterocycles. The molecule has 2 saturated heterocycles. The van der Waals surface area contributed by atoms with Crippen LogP contribution in [0.25, 0.3) is 26.9 Å². The van der Waals surface area contributed by atoms with Gasteiger partial charge in [0, 0.05) is 46.5 Å². The van der Waals surface area contributed by atoms with E-state index in [1.165, 1.54) is 15.4 Å². The Hall–Kier alpha value is -3.83. The van der Waals surface area contributed by atoms with Crippen molar-refractivity contribution in [3.8, 4) is 23.1 Å². The Morgan fingerprint density at radius 1 is 1.27 bits per heavy atom. The number of nitriles is 1. The number of thioether (sulfide) groups is 1. The number of carbonyl (C=O) groups is 1. The predicted octanol–water partition coefficient (Wildman–Crippen LogP) is 6.36. The second-order valence-corrected chi connectivity index (χ2v) is 13.3. The number of rotatable bonds is 7. The summed E-state index contributed by atoms with van der Waals surface area (Å²) in [4.78, 5) is 27.9. The molecule has 11 heteroatoms. The van der Waals surface area contributed by atoms with Gasteiger partial charge in [0.25, 0.3) is 5.91 Å². The molecule has 0 spiro atoms. The number of piperazine rings is 1. The van der Waals surface area contributed by atoms with Crippen molar-refractivity contribution in [3.63, 3.8) is 0 Å². The normalized spacial score (nSPS) is 20.0. The molecule has 3 aromatic rings. The van der Waals surface area contributed by atoms with Crippen molar-refractivity contribution < 1.29 is 13.9 Å². The lowest BCUT2D eigenvalue weighted by atomic mass is 9.97. The second kappa shape index (κ2) is 13.3. The highest BCUT2D eigenvalue weighted by atomic mass is 35.5. The SMILES string of the molecule is [C-]#[N+]C[C@H]1CN(c2c(C#N)c(OC[C@@H]3CCCN3C)nc3cc(-c4cccc5c4SCCC5)c(Cl)cc23)CCN1C(=O)C(=C)F. The van der Waals surface area contributed by atoms with Gasteiger partial charge in [0.1, 0.15) is 24.3 Å². The summed E-state index contributed by atoms with van der Waals surface area (Å²) in [6, 6.07) is 12.1. The molecule has 0 aliphatic carbocycles. The molecule has 1 aromatic heterocycles. The maximum Gasteiger partial charge on any atom is 0.282 e. The van der Waals surface area contributed by atoms with E-state index < -0.39 is 17.8 Å². The van der Waals surface area contributed by atoms with E-state index >= 15 is 0 Å². The summed E-state index contributed by atoms with van der Waals surface area (Å²) in [7, 11) is 2.07. The minimum atomic E-state index is -1.06. The van der Waals surface area contributed by atoms with Gasteiger partial charge in [-0.2, -0.15) is 5.26 Å². The van der Waals surface area contributed by atoms with Crippen molar-refractivity contribution in [1.82, 2.24) is 14.8 Å². The van der Waals surface area contributed by atoms with Gasteiger partial charge in [-0.1, -0.05) is 36.4 Å². The molecule has 0 unspecified atom stereocenters. The Morgan fingerprint density at radius 3 is 2.84 bits per heavy atom. The zero-order valence-electron chi connectivity index (χ0n) is 25.2. The van der Waals surface area contributed by atoms with Crippen LogP contribution in [0.4, 0.5) is 10.1 Å². The van der Waals surface area contributed by atoms with Crippen LogP contribution in [-0.4, -0.2) is 84.9 Å². The number of hydrogen-bond donors (Lipinski definition) is 0. The first-order valence-electron chi connectivity index (χ1n) is 15.2. The fraction of sp³-hybridized carbons (Fsp3) is 0.412. The lowest BCUT2D eigenvalue weighted by molar-refractivity contribution is -0.131. The maximum absolute atomic E-state index is 13.9. The van der Waals surface area contributed by atoms with Gasteiger partial charge in [0.15, 0.2) is 5.83 Å². The summed E-state index contributed by atoms with van der Waals surface area (Å²) in [6.07, 6.45) is 4.25. The van der Waals surface area contributed by atoms with Crippen LogP contribution in [0.5, 0.6) is 5.88 Å². The summed E-state index contributed by atoms with van der Waals surface area (Å²) in [5, 5.41) is 11.8. The molecule has 2 aromatic carbocycles. The predicted molar refractivity (Wildman–Crippen MR) is 177 cm³/mol. The molecule has 1 amide bonds. The highest BCUT2D eigenvalue weighted by Crippen LogP contribution is 2.44. The molecule has 232 valence electrons. The van der Waals surface area contributed by atoms with Crippen LogP contribution >= 0.6 is 23.4 Å². The number of ether oxygens (including phenoxy) is 1. The average Bonchev–Trinajstić information content (AvgIpc) is 3.46. The van der Waals surface area contributed by atoms with Crippen LogP contribution < -0.4 is 9.64 Å². The third kappa shape index (κ3) is 6.07. The number of hydrogen-bond acceptors (Lipinski definition) is 7. The van der Waals surface area contributed by atoms with Gasteiger partial charge in [0.05, 0.1) is 11.2 Å². The van der Waals surface area contributed by atoms with Crippen LogP contribution in [0.15, 0.2) is 47.6 Å². The Kier molecular flexibility index (Phi) is 9.18. The molecular formula is C34H34ClFN6O2S. The molecule has 0 radical (unpaired) electrons. The summed E-state index contributed by atoms with van der Waals surface area (Å²) in [5.74, 6) is -0.578. The number of likely N-dealkylation sites (N-methyl/N-ethyl adjacent to an activating group) is 1. The smallest absolute Gasteiger partial charge is 0.282 e. The Morgan fingerprint density at radius 2 is 2.11 bits per heavy atom. The summed E-state index contributed by atoms with van der Waals surface area (Å²) >= 11 is 8.89. The first-order valence-corrected chi connectivity index (χ1v) is 16.6. The largest absolute Gasteiger partial charge is 0.475 e. The number of amides is 1. The number of benzene rings is 2. The fourth-order valence-corrected chi connectivity index (χ4v) is 8.14. The maximum atomic E-state index is 13.9. The molecule has 3 aliphatic rings. The Bertz CT molecular complexity index is 1750. The molecule has 0 bridgehead atoms. The summed E-state index contributed by atoms with van der Waals surface area (Å²) in [6.45, 7) is 12.7. The number of halogens is 2. The van der Waals surface area contributed by atoms with Gasteiger partial charge in [-0.3, -0.25) is 4.79 Å². The van der Waals surface area contributed by atoms with Gasteiger partial charge in [-0.15, -0.1) is 11.8 Å². The zero-order chi connectivity index (χ0) is 31.7. The molecule has 0 saturated carbocycles. The second-order valence-electron chi connectivity index (χ2n) is 11.8. The van der Waals surface area contributed by atoms with E-state index in [1.807, 2.05) is 28.8 Å². The number of carbonyl (C=O) groups excluding carboxylic acids is 1. The molecule has 45 heavy (non-hydrogen) atoms.